The first-order valence-corrected chi connectivity index (χ1v) is 4.25. The Hall–Kier alpha value is 0.413. The zero-order valence-electron chi connectivity index (χ0n) is 2.49. The Labute approximate surface area is 32.2 Å². The van der Waals surface area contributed by atoms with Crippen LogP contribution in [-0.4, -0.2) is 19.8 Å². The number of hydrogen-bond acceptors (Lipinski definition) is 0. The quantitative estimate of drug-likeness (QED) is 0.397. The third kappa shape index (κ3) is 0.247. The fourth-order valence-electron chi connectivity index (χ4n) is 0.144. The van der Waals surface area contributed by atoms with Crippen molar-refractivity contribution in [3.8, 4) is 0 Å². The van der Waals surface area contributed by atoms with Crippen LogP contribution in [0.5, 0.6) is 0 Å². The van der Waals surface area contributed by atoms with Gasteiger partial charge in [-0.05, 0) is 0 Å². The molecule has 4 heavy (non-hydrogen) atoms. The number of rotatable bonds is 0. The molecule has 1 radical (unpaired) electrons. The average Bonchev–Trinajstić information content (AvgIpc) is 0.722. The van der Waals surface area contributed by atoms with Crippen LogP contribution in [0.4, 0.5) is 0 Å². The van der Waals surface area contributed by atoms with Gasteiger partial charge >= 0.3 is 31.5 Å². The first-order valence-electron chi connectivity index (χ1n) is 1.55. The molecule has 0 bridgehead atoms. The predicted molar refractivity (Wildman–Crippen MR) is 21.2 cm³/mol. The first-order chi connectivity index (χ1) is 2.00. The van der Waals surface area contributed by atoms with Gasteiger partial charge in [0.05, 0.1) is 0 Å². The molecule has 1 rings (SSSR count). The fraction of sp³-hybridized carbons (Fsp3) is 0.667. The molecule has 0 aliphatic carbocycles. The van der Waals surface area contributed by atoms with E-state index in [1.54, 1.807) is 5.25 Å². The van der Waals surface area contributed by atoms with Crippen molar-refractivity contribution < 1.29 is 0 Å². The predicted octanol–water partition coefficient (Wildman–Crippen LogP) is 0.315. The summed E-state index contributed by atoms with van der Waals surface area (Å²) in [5.41, 5.74) is 0. The first kappa shape index (κ1) is 2.64. The molecule has 0 fully saturated rings. The summed E-state index contributed by atoms with van der Waals surface area (Å²) in [7, 11) is 0. The SMILES string of the molecule is [CH]1=[Ge][CH2]C1. The van der Waals surface area contributed by atoms with Crippen molar-refractivity contribution in [2.24, 2.45) is 0 Å². The van der Waals surface area contributed by atoms with Gasteiger partial charge in [-0.1, -0.05) is 0 Å². The minimum atomic E-state index is 0.569. The molecule has 0 aromatic carbocycles. The molecule has 0 unspecified atom stereocenters. The van der Waals surface area contributed by atoms with Gasteiger partial charge in [0, 0.05) is 0 Å². The molecule has 0 saturated carbocycles. The van der Waals surface area contributed by atoms with E-state index in [9.17, 15) is 0 Å². The summed E-state index contributed by atoms with van der Waals surface area (Å²) in [6, 6.07) is 0. The molecule has 0 aromatic rings. The molecular weight excluding hydrogens is 109 g/mol. The van der Waals surface area contributed by atoms with E-state index in [0.29, 0.717) is 15.0 Å². The van der Waals surface area contributed by atoms with Crippen molar-refractivity contribution in [3.63, 3.8) is 0 Å². The number of hydrogen-bond donors (Lipinski definition) is 0. The Morgan fingerprint density at radius 1 is 1.75 bits per heavy atom. The van der Waals surface area contributed by atoms with Crippen LogP contribution in [0, 0.1) is 0 Å². The van der Waals surface area contributed by atoms with Gasteiger partial charge in [-0.15, -0.1) is 0 Å². The van der Waals surface area contributed by atoms with E-state index < -0.39 is 0 Å². The average molecular weight is 114 g/mol. The van der Waals surface area contributed by atoms with E-state index >= 15 is 0 Å². The Balaban J connectivity index is 2.47. The Morgan fingerprint density at radius 3 is 2.00 bits per heavy atom. The molecule has 0 saturated heterocycles. The molecule has 1 heteroatoms. The van der Waals surface area contributed by atoms with E-state index in [1.807, 2.05) is 0 Å². The van der Waals surface area contributed by atoms with E-state index in [4.69, 9.17) is 0 Å². The molecule has 0 aromatic heterocycles. The van der Waals surface area contributed by atoms with Crippen LogP contribution >= 0.6 is 0 Å². The van der Waals surface area contributed by atoms with Gasteiger partial charge in [0.15, 0.2) is 0 Å². The topological polar surface area (TPSA) is 0 Å². The molecule has 0 atom stereocenters. The summed E-state index contributed by atoms with van der Waals surface area (Å²) >= 11 is 0.569. The van der Waals surface area contributed by atoms with Gasteiger partial charge in [0.25, 0.3) is 0 Å². The van der Waals surface area contributed by atoms with Gasteiger partial charge in [-0.25, -0.2) is 0 Å². The van der Waals surface area contributed by atoms with Crippen LogP contribution in [-0.2, 0) is 0 Å². The van der Waals surface area contributed by atoms with Crippen LogP contribution < -0.4 is 0 Å². The van der Waals surface area contributed by atoms with Crippen molar-refractivity contribution in [1.29, 1.82) is 0 Å². The monoisotopic (exact) mass is 115 g/mol. The fourth-order valence-corrected chi connectivity index (χ4v) is 0.750. The molecule has 1 aliphatic heterocycles. The summed E-state index contributed by atoms with van der Waals surface area (Å²) in [6.45, 7) is 0. The van der Waals surface area contributed by atoms with Crippen LogP contribution in [0.2, 0.25) is 5.25 Å². The standard InChI is InChI=1S/C3H5Ge/c1-2-4-3-1/h2H,1,3H2. The Morgan fingerprint density at radius 2 is 2.00 bits per heavy atom. The van der Waals surface area contributed by atoms with Crippen molar-refractivity contribution in [3.05, 3.63) is 0 Å². The van der Waals surface area contributed by atoms with E-state index in [1.165, 1.54) is 6.42 Å². The summed E-state index contributed by atoms with van der Waals surface area (Å²) in [4.78, 5) is 2.43. The van der Waals surface area contributed by atoms with Gasteiger partial charge in [0.1, 0.15) is 0 Å². The second kappa shape index (κ2) is 1.02. The maximum absolute atomic E-state index is 2.43. The molecule has 0 N–H and O–H groups in total. The summed E-state index contributed by atoms with van der Waals surface area (Å²) in [5, 5.41) is 1.57. The van der Waals surface area contributed by atoms with Gasteiger partial charge in [0.2, 0.25) is 0 Å². The maximum atomic E-state index is 2.43. The van der Waals surface area contributed by atoms with E-state index in [0.717, 1.165) is 0 Å². The van der Waals surface area contributed by atoms with Crippen molar-refractivity contribution in [1.82, 2.24) is 0 Å². The molecule has 0 amide bonds. The molecule has 1 aliphatic rings. The minimum absolute atomic E-state index is 0.569. The third-order valence-corrected chi connectivity index (χ3v) is 3.00. The third-order valence-electron chi connectivity index (χ3n) is 0.577. The van der Waals surface area contributed by atoms with Crippen molar-refractivity contribution in [2.45, 2.75) is 11.7 Å². The van der Waals surface area contributed by atoms with Crippen molar-refractivity contribution in [2.75, 3.05) is 0 Å². The van der Waals surface area contributed by atoms with Gasteiger partial charge < -0.3 is 0 Å². The second-order valence-corrected chi connectivity index (χ2v) is 3.71. The molecule has 21 valence electrons. The Bertz CT molecular complexity index is 32.5. The van der Waals surface area contributed by atoms with E-state index in [-0.39, 0.29) is 0 Å². The summed E-state index contributed by atoms with van der Waals surface area (Å²) in [6.07, 6.45) is 1.43. The van der Waals surface area contributed by atoms with Crippen LogP contribution in [0.3, 0.4) is 0 Å². The van der Waals surface area contributed by atoms with Crippen LogP contribution in [0.15, 0.2) is 0 Å². The Kier molecular flexibility index (Phi) is 0.673. The normalized spacial score (nSPS) is 20.0. The second-order valence-electron chi connectivity index (χ2n) is 0.947. The molecular formula is C3H5Ge. The van der Waals surface area contributed by atoms with Gasteiger partial charge in [-0.3, -0.25) is 0 Å². The van der Waals surface area contributed by atoms with Crippen LogP contribution in [0.25, 0.3) is 0 Å². The van der Waals surface area contributed by atoms with Gasteiger partial charge in [-0.2, -0.15) is 0 Å². The summed E-state index contributed by atoms with van der Waals surface area (Å²) < 4.78 is 0. The zero-order chi connectivity index (χ0) is 2.83. The van der Waals surface area contributed by atoms with Crippen LogP contribution in [0.1, 0.15) is 6.42 Å². The summed E-state index contributed by atoms with van der Waals surface area (Å²) in [5.74, 6) is 0. The zero-order valence-corrected chi connectivity index (χ0v) is 4.59. The molecule has 0 spiro atoms. The van der Waals surface area contributed by atoms with Crippen molar-refractivity contribution >= 4 is 19.8 Å². The molecule has 0 nitrogen and oxygen atoms in total. The molecule has 1 heterocycles. The van der Waals surface area contributed by atoms with E-state index in [2.05, 4.69) is 4.85 Å².